The Labute approximate surface area is 103 Å². The minimum absolute atomic E-state index is 0.185. The smallest absolute Gasteiger partial charge is 0.263 e. The summed E-state index contributed by atoms with van der Waals surface area (Å²) in [5.41, 5.74) is 1.59. The molecule has 1 aromatic rings. The van der Waals surface area contributed by atoms with Crippen molar-refractivity contribution in [2.75, 3.05) is 0 Å². The van der Waals surface area contributed by atoms with Crippen molar-refractivity contribution in [2.45, 2.75) is 6.92 Å². The van der Waals surface area contributed by atoms with Gasteiger partial charge in [-0.1, -0.05) is 36.1 Å². The number of phenols is 1. The average Bonchev–Trinajstić information content (AvgIpc) is 2.51. The lowest BCUT2D eigenvalue weighted by Gasteiger charge is -2.00. The van der Waals surface area contributed by atoms with Gasteiger partial charge in [0, 0.05) is 0 Å². The summed E-state index contributed by atoms with van der Waals surface area (Å²) in [5.74, 6) is 0.0374. The van der Waals surface area contributed by atoms with Crippen LogP contribution in [0.5, 0.6) is 5.75 Å². The Morgan fingerprint density at radius 1 is 1.50 bits per heavy atom. The molecule has 0 saturated carbocycles. The molecule has 0 radical (unpaired) electrons. The number of amides is 1. The first kappa shape index (κ1) is 11.2. The molecule has 0 aromatic heterocycles. The van der Waals surface area contributed by atoms with Gasteiger partial charge in [-0.3, -0.25) is 4.79 Å². The number of carbonyl (C=O) groups excluding carboxylic acids is 1. The SMILES string of the molecule is Cc1ccc(/C=C2\SC(=S)NC2=O)cc1O. The zero-order valence-corrected chi connectivity index (χ0v) is 10.1. The van der Waals surface area contributed by atoms with E-state index in [1.165, 1.54) is 11.8 Å². The maximum atomic E-state index is 11.4. The summed E-state index contributed by atoms with van der Waals surface area (Å²) in [6, 6.07) is 5.27. The number of carbonyl (C=O) groups is 1. The Morgan fingerprint density at radius 3 is 2.81 bits per heavy atom. The van der Waals surface area contributed by atoms with Crippen molar-refractivity contribution in [3.63, 3.8) is 0 Å². The molecule has 2 rings (SSSR count). The average molecular weight is 251 g/mol. The number of aryl methyl sites for hydroxylation is 1. The normalized spacial score (nSPS) is 17.9. The van der Waals surface area contributed by atoms with E-state index >= 15 is 0 Å². The molecule has 1 amide bonds. The molecule has 0 bridgehead atoms. The highest BCUT2D eigenvalue weighted by atomic mass is 32.2. The van der Waals surface area contributed by atoms with Crippen LogP contribution in [0.1, 0.15) is 11.1 Å². The van der Waals surface area contributed by atoms with E-state index in [9.17, 15) is 9.90 Å². The zero-order chi connectivity index (χ0) is 11.7. The number of nitrogens with one attached hydrogen (secondary N) is 1. The van der Waals surface area contributed by atoms with E-state index < -0.39 is 0 Å². The fourth-order valence-corrected chi connectivity index (χ4v) is 2.33. The van der Waals surface area contributed by atoms with Gasteiger partial charge in [-0.25, -0.2) is 0 Å². The first-order valence-electron chi connectivity index (χ1n) is 4.61. The lowest BCUT2D eigenvalue weighted by Crippen LogP contribution is -2.17. The molecule has 0 atom stereocenters. The molecule has 1 aliphatic heterocycles. The predicted octanol–water partition coefficient (Wildman–Crippen LogP) is 2.19. The zero-order valence-electron chi connectivity index (χ0n) is 8.48. The van der Waals surface area contributed by atoms with Crippen LogP contribution in [0.15, 0.2) is 23.1 Å². The molecule has 1 aromatic carbocycles. The molecular weight excluding hydrogens is 242 g/mol. The van der Waals surface area contributed by atoms with Crippen molar-refractivity contribution >= 4 is 40.3 Å². The Hall–Kier alpha value is -1.33. The molecule has 1 aliphatic rings. The van der Waals surface area contributed by atoms with Gasteiger partial charge in [0.2, 0.25) is 0 Å². The number of phenolic OH excluding ortho intramolecular Hbond substituents is 1. The summed E-state index contributed by atoms with van der Waals surface area (Å²) in [6.45, 7) is 1.82. The maximum absolute atomic E-state index is 11.4. The van der Waals surface area contributed by atoms with Crippen molar-refractivity contribution in [3.05, 3.63) is 34.2 Å². The lowest BCUT2D eigenvalue weighted by molar-refractivity contribution is -0.115. The minimum atomic E-state index is -0.185. The van der Waals surface area contributed by atoms with Crippen LogP contribution in [0.25, 0.3) is 6.08 Å². The topological polar surface area (TPSA) is 49.3 Å². The number of rotatable bonds is 1. The van der Waals surface area contributed by atoms with E-state index in [4.69, 9.17) is 12.2 Å². The van der Waals surface area contributed by atoms with E-state index in [2.05, 4.69) is 5.32 Å². The van der Waals surface area contributed by atoms with Crippen LogP contribution in [0, 0.1) is 6.92 Å². The summed E-state index contributed by atoms with van der Waals surface area (Å²) >= 11 is 6.11. The van der Waals surface area contributed by atoms with Gasteiger partial charge in [0.1, 0.15) is 10.1 Å². The Kier molecular flexibility index (Phi) is 2.98. The third-order valence-corrected chi connectivity index (χ3v) is 3.34. The van der Waals surface area contributed by atoms with E-state index in [1.54, 1.807) is 18.2 Å². The van der Waals surface area contributed by atoms with Gasteiger partial charge in [-0.2, -0.15) is 0 Å². The number of benzene rings is 1. The molecule has 1 fully saturated rings. The molecule has 3 nitrogen and oxygen atoms in total. The number of hydrogen-bond donors (Lipinski definition) is 2. The lowest BCUT2D eigenvalue weighted by atomic mass is 10.1. The maximum Gasteiger partial charge on any atom is 0.263 e. The molecule has 1 heterocycles. The van der Waals surface area contributed by atoms with Gasteiger partial charge in [-0.15, -0.1) is 0 Å². The summed E-state index contributed by atoms with van der Waals surface area (Å²) in [5, 5.41) is 12.1. The van der Waals surface area contributed by atoms with Crippen LogP contribution in [-0.2, 0) is 4.79 Å². The second-order valence-electron chi connectivity index (χ2n) is 3.40. The molecule has 1 saturated heterocycles. The molecule has 0 aliphatic carbocycles. The Balaban J connectivity index is 2.32. The highest BCUT2D eigenvalue weighted by molar-refractivity contribution is 8.26. The van der Waals surface area contributed by atoms with Gasteiger partial charge in [0.25, 0.3) is 5.91 Å². The van der Waals surface area contributed by atoms with Crippen LogP contribution >= 0.6 is 24.0 Å². The fourth-order valence-electron chi connectivity index (χ4n) is 1.29. The van der Waals surface area contributed by atoms with Gasteiger partial charge in [-0.05, 0) is 30.2 Å². The van der Waals surface area contributed by atoms with Crippen molar-refractivity contribution in [3.8, 4) is 5.75 Å². The molecule has 0 spiro atoms. The molecule has 5 heteroatoms. The predicted molar refractivity (Wildman–Crippen MR) is 69.2 cm³/mol. The highest BCUT2D eigenvalue weighted by Crippen LogP contribution is 2.27. The van der Waals surface area contributed by atoms with E-state index in [1.807, 2.05) is 13.0 Å². The van der Waals surface area contributed by atoms with Crippen LogP contribution in [0.3, 0.4) is 0 Å². The summed E-state index contributed by atoms with van der Waals surface area (Å²) < 4.78 is 0.465. The minimum Gasteiger partial charge on any atom is -0.508 e. The third-order valence-electron chi connectivity index (χ3n) is 2.17. The standard InChI is InChI=1S/C11H9NO2S2/c1-6-2-3-7(4-8(6)13)5-9-10(14)12-11(15)16-9/h2-5,13H,1H3,(H,12,14,15)/b9-5-. The number of aromatic hydroxyl groups is 1. The van der Waals surface area contributed by atoms with Crippen molar-refractivity contribution in [1.82, 2.24) is 5.32 Å². The first-order valence-corrected chi connectivity index (χ1v) is 5.83. The molecule has 82 valence electrons. The molecular formula is C11H9NO2S2. The number of thioether (sulfide) groups is 1. The highest BCUT2D eigenvalue weighted by Gasteiger charge is 2.21. The van der Waals surface area contributed by atoms with Crippen LogP contribution in [-0.4, -0.2) is 15.3 Å². The van der Waals surface area contributed by atoms with Crippen LogP contribution in [0.4, 0.5) is 0 Å². The summed E-state index contributed by atoms with van der Waals surface area (Å²) in [6.07, 6.45) is 1.71. The van der Waals surface area contributed by atoms with Crippen molar-refractivity contribution in [1.29, 1.82) is 0 Å². The van der Waals surface area contributed by atoms with E-state index in [0.717, 1.165) is 11.1 Å². The molecule has 2 N–H and O–H groups in total. The third kappa shape index (κ3) is 2.25. The molecule has 0 unspecified atom stereocenters. The molecule has 16 heavy (non-hydrogen) atoms. The first-order chi connectivity index (χ1) is 7.56. The fraction of sp³-hybridized carbons (Fsp3) is 0.0909. The van der Waals surface area contributed by atoms with E-state index in [0.29, 0.717) is 9.23 Å². The van der Waals surface area contributed by atoms with Crippen molar-refractivity contribution in [2.24, 2.45) is 0 Å². The largest absolute Gasteiger partial charge is 0.508 e. The monoisotopic (exact) mass is 251 g/mol. The van der Waals surface area contributed by atoms with Gasteiger partial charge in [0.05, 0.1) is 4.91 Å². The van der Waals surface area contributed by atoms with Gasteiger partial charge >= 0.3 is 0 Å². The summed E-state index contributed by atoms with van der Waals surface area (Å²) in [4.78, 5) is 11.9. The van der Waals surface area contributed by atoms with Crippen LogP contribution in [0.2, 0.25) is 0 Å². The second kappa shape index (κ2) is 4.27. The number of hydrogen-bond acceptors (Lipinski definition) is 4. The van der Waals surface area contributed by atoms with Crippen LogP contribution < -0.4 is 5.32 Å². The Bertz CT molecular complexity index is 509. The van der Waals surface area contributed by atoms with Gasteiger partial charge in [0.15, 0.2) is 0 Å². The number of thiocarbonyl (C=S) groups is 1. The van der Waals surface area contributed by atoms with Crippen molar-refractivity contribution < 1.29 is 9.90 Å². The summed E-state index contributed by atoms with van der Waals surface area (Å²) in [7, 11) is 0. The Morgan fingerprint density at radius 2 is 2.25 bits per heavy atom. The van der Waals surface area contributed by atoms with Gasteiger partial charge < -0.3 is 10.4 Å². The quantitative estimate of drug-likeness (QED) is 0.593. The van der Waals surface area contributed by atoms with E-state index in [-0.39, 0.29) is 11.7 Å². The second-order valence-corrected chi connectivity index (χ2v) is 5.12.